The van der Waals surface area contributed by atoms with Crippen LogP contribution in [0.3, 0.4) is 0 Å². The Labute approximate surface area is 200 Å². The second kappa shape index (κ2) is 10.1. The molecule has 1 radical (unpaired) electrons. The van der Waals surface area contributed by atoms with E-state index in [1.165, 1.54) is 5.56 Å². The standard InChI is InChI=1S/C29H31N2O3/c1-5-20(3)33-24-14-10-13-23(18-24)29(4,6-2)19-21-15-16-25(22-11-8-7-9-12-22)26(17-21)27-30-28(32)34-31-27/h6-18,20H,5,19H2,1-4H3,(H,30,31,32). The minimum atomic E-state index is -0.565. The third-order valence-corrected chi connectivity index (χ3v) is 6.48. The molecule has 0 saturated heterocycles. The first kappa shape index (κ1) is 23.6. The number of aromatic amines is 1. The van der Waals surface area contributed by atoms with Gasteiger partial charge in [0, 0.05) is 5.56 Å². The summed E-state index contributed by atoms with van der Waals surface area (Å²) in [6, 6.07) is 24.8. The van der Waals surface area contributed by atoms with Gasteiger partial charge in [-0.25, -0.2) is 4.79 Å². The molecule has 0 bridgehead atoms. The molecule has 2 atom stereocenters. The fraction of sp³-hybridized carbons (Fsp3) is 0.276. The number of nitrogens with zero attached hydrogens (tertiary/aromatic N) is 1. The highest BCUT2D eigenvalue weighted by molar-refractivity contribution is 5.80. The molecule has 1 N–H and O–H groups in total. The molecule has 5 nitrogen and oxygen atoms in total. The number of benzene rings is 3. The van der Waals surface area contributed by atoms with Crippen molar-refractivity contribution in [2.45, 2.75) is 52.1 Å². The monoisotopic (exact) mass is 455 g/mol. The lowest BCUT2D eigenvalue weighted by atomic mass is 9.75. The highest BCUT2D eigenvalue weighted by Crippen LogP contribution is 2.36. The van der Waals surface area contributed by atoms with Crippen LogP contribution in [0.5, 0.6) is 5.75 Å². The summed E-state index contributed by atoms with van der Waals surface area (Å²) >= 11 is 0. The molecule has 3 aromatic carbocycles. The van der Waals surface area contributed by atoms with Gasteiger partial charge < -0.3 is 4.74 Å². The van der Waals surface area contributed by atoms with E-state index in [4.69, 9.17) is 9.26 Å². The predicted molar refractivity (Wildman–Crippen MR) is 136 cm³/mol. The van der Waals surface area contributed by atoms with Crippen LogP contribution in [-0.4, -0.2) is 16.2 Å². The maximum absolute atomic E-state index is 11.7. The second-order valence-electron chi connectivity index (χ2n) is 8.94. The molecule has 1 heterocycles. The van der Waals surface area contributed by atoms with Crippen molar-refractivity contribution in [2.75, 3.05) is 0 Å². The van der Waals surface area contributed by atoms with Crippen LogP contribution in [0.1, 0.15) is 45.2 Å². The van der Waals surface area contributed by atoms with E-state index in [0.717, 1.165) is 40.8 Å². The van der Waals surface area contributed by atoms with Gasteiger partial charge in [-0.1, -0.05) is 80.5 Å². The summed E-state index contributed by atoms with van der Waals surface area (Å²) in [7, 11) is 0. The molecule has 2 unspecified atom stereocenters. The Kier molecular flexibility index (Phi) is 7.01. The van der Waals surface area contributed by atoms with Gasteiger partial charge in [0.15, 0.2) is 5.82 Å². The second-order valence-corrected chi connectivity index (χ2v) is 8.94. The molecule has 0 amide bonds. The van der Waals surface area contributed by atoms with Gasteiger partial charge >= 0.3 is 5.76 Å². The lowest BCUT2D eigenvalue weighted by Crippen LogP contribution is -2.25. The summed E-state index contributed by atoms with van der Waals surface area (Å²) in [5.41, 5.74) is 4.98. The van der Waals surface area contributed by atoms with Gasteiger partial charge in [-0.3, -0.25) is 9.51 Å². The molecule has 0 aliphatic heterocycles. The summed E-state index contributed by atoms with van der Waals surface area (Å²) in [5.74, 6) is 0.751. The maximum atomic E-state index is 11.7. The topological polar surface area (TPSA) is 68.1 Å². The van der Waals surface area contributed by atoms with Crippen LogP contribution in [0, 0.1) is 6.42 Å². The van der Waals surface area contributed by atoms with Crippen LogP contribution < -0.4 is 10.5 Å². The van der Waals surface area contributed by atoms with Gasteiger partial charge in [0.05, 0.1) is 6.10 Å². The molecule has 0 saturated carbocycles. The quantitative estimate of drug-likeness (QED) is 0.309. The number of aromatic nitrogens is 2. The third-order valence-electron chi connectivity index (χ3n) is 6.48. The zero-order valence-electron chi connectivity index (χ0n) is 20.2. The summed E-state index contributed by atoms with van der Waals surface area (Å²) < 4.78 is 10.9. The van der Waals surface area contributed by atoms with Crippen molar-refractivity contribution >= 4 is 0 Å². The first-order chi connectivity index (χ1) is 16.4. The number of nitrogens with one attached hydrogen (secondary N) is 1. The minimum absolute atomic E-state index is 0.171. The molecule has 0 spiro atoms. The van der Waals surface area contributed by atoms with E-state index in [2.05, 4.69) is 80.7 Å². The van der Waals surface area contributed by atoms with E-state index in [-0.39, 0.29) is 11.5 Å². The van der Waals surface area contributed by atoms with Crippen molar-refractivity contribution in [2.24, 2.45) is 0 Å². The number of rotatable bonds is 9. The zero-order valence-corrected chi connectivity index (χ0v) is 20.2. The van der Waals surface area contributed by atoms with Gasteiger partial charge in [0.2, 0.25) is 0 Å². The molecular formula is C29H31N2O3. The van der Waals surface area contributed by atoms with E-state index in [1.807, 2.05) is 36.4 Å². The smallest absolute Gasteiger partial charge is 0.439 e. The molecular weight excluding hydrogens is 424 g/mol. The summed E-state index contributed by atoms with van der Waals surface area (Å²) in [4.78, 5) is 14.4. The van der Waals surface area contributed by atoms with Gasteiger partial charge in [0.1, 0.15) is 5.75 Å². The third kappa shape index (κ3) is 5.14. The Balaban J connectivity index is 1.71. The van der Waals surface area contributed by atoms with Gasteiger partial charge in [0.25, 0.3) is 0 Å². The van der Waals surface area contributed by atoms with Crippen molar-refractivity contribution in [1.82, 2.24) is 10.1 Å². The zero-order chi connectivity index (χ0) is 24.1. The Morgan fingerprint density at radius 1 is 1.06 bits per heavy atom. The Bertz CT molecular complexity index is 1290. The number of H-pyrrole nitrogens is 1. The molecule has 5 heteroatoms. The van der Waals surface area contributed by atoms with Crippen LogP contribution in [0.15, 0.2) is 82.1 Å². The highest BCUT2D eigenvalue weighted by Gasteiger charge is 2.27. The average Bonchev–Trinajstić information content (AvgIpc) is 3.30. The SMILES string of the molecule is C[CH]C(C)(Cc1ccc(-c2ccccc2)c(-c2noc(=O)[nH]2)c1)c1cccc(OC(C)CC)c1. The van der Waals surface area contributed by atoms with Crippen LogP contribution in [0.25, 0.3) is 22.5 Å². The molecule has 4 rings (SSSR count). The lowest BCUT2D eigenvalue weighted by Gasteiger charge is -2.30. The number of ether oxygens (including phenoxy) is 1. The highest BCUT2D eigenvalue weighted by atomic mass is 16.5. The summed E-state index contributed by atoms with van der Waals surface area (Å²) in [5, 5.41) is 3.97. The fourth-order valence-electron chi connectivity index (χ4n) is 4.15. The van der Waals surface area contributed by atoms with E-state index in [1.54, 1.807) is 0 Å². The molecule has 0 aliphatic rings. The van der Waals surface area contributed by atoms with Crippen molar-refractivity contribution in [3.8, 4) is 28.3 Å². The Hall–Kier alpha value is -3.60. The molecule has 34 heavy (non-hydrogen) atoms. The average molecular weight is 456 g/mol. The normalized spacial score (nSPS) is 13.9. The van der Waals surface area contributed by atoms with E-state index in [0.29, 0.717) is 5.82 Å². The van der Waals surface area contributed by atoms with Gasteiger partial charge in [-0.05, 0) is 72.1 Å². The summed E-state index contributed by atoms with van der Waals surface area (Å²) in [6.07, 6.45) is 4.14. The summed E-state index contributed by atoms with van der Waals surface area (Å²) in [6.45, 7) is 8.54. The van der Waals surface area contributed by atoms with Crippen molar-refractivity contribution in [1.29, 1.82) is 0 Å². The Morgan fingerprint density at radius 3 is 2.53 bits per heavy atom. The van der Waals surface area contributed by atoms with E-state index >= 15 is 0 Å². The number of hydrogen-bond acceptors (Lipinski definition) is 4. The minimum Gasteiger partial charge on any atom is -0.491 e. The van der Waals surface area contributed by atoms with Gasteiger partial charge in [-0.15, -0.1) is 0 Å². The van der Waals surface area contributed by atoms with Crippen molar-refractivity contribution in [3.63, 3.8) is 0 Å². The van der Waals surface area contributed by atoms with Crippen molar-refractivity contribution in [3.05, 3.63) is 101 Å². The van der Waals surface area contributed by atoms with Crippen LogP contribution in [0.2, 0.25) is 0 Å². The fourth-order valence-corrected chi connectivity index (χ4v) is 4.15. The lowest BCUT2D eigenvalue weighted by molar-refractivity contribution is 0.217. The van der Waals surface area contributed by atoms with Crippen LogP contribution in [-0.2, 0) is 11.8 Å². The molecule has 4 aromatic rings. The van der Waals surface area contributed by atoms with Gasteiger partial charge in [-0.2, -0.15) is 0 Å². The molecule has 0 aliphatic carbocycles. The van der Waals surface area contributed by atoms with E-state index < -0.39 is 5.76 Å². The molecule has 175 valence electrons. The number of hydrogen-bond donors (Lipinski definition) is 1. The van der Waals surface area contributed by atoms with Crippen LogP contribution in [0.4, 0.5) is 0 Å². The molecule has 0 fully saturated rings. The van der Waals surface area contributed by atoms with E-state index in [9.17, 15) is 4.79 Å². The predicted octanol–water partition coefficient (Wildman–Crippen LogP) is 6.60. The maximum Gasteiger partial charge on any atom is 0.439 e. The first-order valence-corrected chi connectivity index (χ1v) is 11.7. The largest absolute Gasteiger partial charge is 0.491 e. The first-order valence-electron chi connectivity index (χ1n) is 11.7. The Morgan fingerprint density at radius 2 is 1.85 bits per heavy atom. The van der Waals surface area contributed by atoms with Crippen molar-refractivity contribution < 1.29 is 9.26 Å². The molecule has 1 aromatic heterocycles. The van der Waals surface area contributed by atoms with Crippen LogP contribution >= 0.6 is 0 Å².